The normalized spacial score (nSPS) is 16.6. The molecule has 168 valence electrons. The minimum Gasteiger partial charge on any atom is -0.379 e. The number of rotatable bonds is 5. The van der Waals surface area contributed by atoms with Gasteiger partial charge in [0.05, 0.1) is 13.2 Å². The van der Waals surface area contributed by atoms with Gasteiger partial charge in [-0.25, -0.2) is 4.98 Å². The molecule has 1 aliphatic rings. The number of aromatic nitrogens is 3. The third-order valence-electron chi connectivity index (χ3n) is 6.30. The zero-order chi connectivity index (χ0) is 22.6. The molecule has 1 amide bonds. The van der Waals surface area contributed by atoms with E-state index in [1.165, 1.54) is 10.9 Å². The first kappa shape index (κ1) is 21.3. The molecule has 4 aromatic rings. The summed E-state index contributed by atoms with van der Waals surface area (Å²) in [7, 11) is 0. The van der Waals surface area contributed by atoms with Gasteiger partial charge in [0.2, 0.25) is 0 Å². The first-order valence-corrected chi connectivity index (χ1v) is 11.4. The van der Waals surface area contributed by atoms with E-state index in [2.05, 4.69) is 38.8 Å². The second-order valence-electron chi connectivity index (χ2n) is 8.76. The number of carbonyl (C=O) groups excluding carboxylic acids is 1. The first-order chi connectivity index (χ1) is 16.2. The van der Waals surface area contributed by atoms with Crippen LogP contribution in [-0.2, 0) is 17.7 Å². The Labute approximate surface area is 193 Å². The monoisotopic (exact) mass is 440 g/mol. The molecular weight excluding hydrogens is 412 g/mol. The second-order valence-corrected chi connectivity index (χ2v) is 8.76. The number of nitrogens with zero attached hydrogens (tertiary/aromatic N) is 4. The van der Waals surface area contributed by atoms with Gasteiger partial charge in [0.15, 0.2) is 0 Å². The topological polar surface area (TPSA) is 60.2 Å². The molecule has 1 saturated heterocycles. The molecule has 0 unspecified atom stereocenters. The number of benzene rings is 2. The summed E-state index contributed by atoms with van der Waals surface area (Å²) in [6.45, 7) is 5.23. The highest BCUT2D eigenvalue weighted by Crippen LogP contribution is 2.20. The van der Waals surface area contributed by atoms with E-state index >= 15 is 0 Å². The second kappa shape index (κ2) is 9.55. The van der Waals surface area contributed by atoms with Crippen molar-refractivity contribution < 1.29 is 9.53 Å². The SMILES string of the molecule is Cc1nccn1Cc1cccc(C(=O)N2CCOC[C@H](Cc3ccc4cnccc4c3)C2)c1. The van der Waals surface area contributed by atoms with E-state index in [1.807, 2.05) is 54.7 Å². The molecule has 6 nitrogen and oxygen atoms in total. The van der Waals surface area contributed by atoms with Crippen LogP contribution in [0, 0.1) is 12.8 Å². The van der Waals surface area contributed by atoms with Gasteiger partial charge in [0, 0.05) is 61.3 Å². The van der Waals surface area contributed by atoms with Gasteiger partial charge in [-0.2, -0.15) is 0 Å². The average Bonchev–Trinajstić information content (AvgIpc) is 3.10. The Morgan fingerprint density at radius 2 is 2.03 bits per heavy atom. The summed E-state index contributed by atoms with van der Waals surface area (Å²) in [6, 6.07) is 16.5. The minimum atomic E-state index is 0.0688. The number of imidazole rings is 1. The van der Waals surface area contributed by atoms with Gasteiger partial charge >= 0.3 is 0 Å². The molecular formula is C27H28N4O2. The lowest BCUT2D eigenvalue weighted by atomic mass is 9.97. The molecule has 0 spiro atoms. The number of carbonyl (C=O) groups is 1. The quantitative estimate of drug-likeness (QED) is 0.468. The van der Waals surface area contributed by atoms with Crippen LogP contribution < -0.4 is 0 Å². The Kier molecular flexibility index (Phi) is 6.17. The van der Waals surface area contributed by atoms with Gasteiger partial charge in [-0.3, -0.25) is 9.78 Å². The predicted molar refractivity (Wildman–Crippen MR) is 128 cm³/mol. The number of pyridine rings is 1. The number of amides is 1. The summed E-state index contributed by atoms with van der Waals surface area (Å²) in [6.07, 6.45) is 8.35. The fourth-order valence-corrected chi connectivity index (χ4v) is 4.53. The van der Waals surface area contributed by atoms with Gasteiger partial charge in [-0.05, 0) is 48.1 Å². The smallest absolute Gasteiger partial charge is 0.253 e. The van der Waals surface area contributed by atoms with Crippen LogP contribution in [0.15, 0.2) is 73.3 Å². The molecule has 33 heavy (non-hydrogen) atoms. The lowest BCUT2D eigenvalue weighted by molar-refractivity contribution is 0.0737. The van der Waals surface area contributed by atoms with Crippen molar-refractivity contribution in [2.45, 2.75) is 19.9 Å². The van der Waals surface area contributed by atoms with Crippen LogP contribution in [0.25, 0.3) is 10.8 Å². The van der Waals surface area contributed by atoms with E-state index in [0.29, 0.717) is 32.8 Å². The molecule has 0 aliphatic carbocycles. The summed E-state index contributed by atoms with van der Waals surface area (Å²) in [5.74, 6) is 1.29. The summed E-state index contributed by atoms with van der Waals surface area (Å²) in [5.41, 5.74) is 3.08. The molecule has 2 aromatic carbocycles. The van der Waals surface area contributed by atoms with E-state index in [0.717, 1.165) is 28.8 Å². The lowest BCUT2D eigenvalue weighted by Crippen LogP contribution is -2.36. The highest BCUT2D eigenvalue weighted by Gasteiger charge is 2.24. The van der Waals surface area contributed by atoms with Crippen molar-refractivity contribution >= 4 is 16.7 Å². The van der Waals surface area contributed by atoms with Gasteiger partial charge in [0.1, 0.15) is 5.82 Å². The van der Waals surface area contributed by atoms with Crippen LogP contribution >= 0.6 is 0 Å². The van der Waals surface area contributed by atoms with Crippen molar-refractivity contribution in [1.29, 1.82) is 0 Å². The van der Waals surface area contributed by atoms with Gasteiger partial charge in [-0.1, -0.05) is 30.3 Å². The molecule has 0 N–H and O–H groups in total. The molecule has 2 aromatic heterocycles. The molecule has 1 aliphatic heterocycles. The third kappa shape index (κ3) is 4.96. The molecule has 1 fully saturated rings. The van der Waals surface area contributed by atoms with E-state index in [9.17, 15) is 4.79 Å². The summed E-state index contributed by atoms with van der Waals surface area (Å²) < 4.78 is 7.96. The molecule has 0 saturated carbocycles. The number of aryl methyl sites for hydroxylation is 1. The van der Waals surface area contributed by atoms with Crippen molar-refractivity contribution in [2.75, 3.05) is 26.3 Å². The van der Waals surface area contributed by atoms with Crippen molar-refractivity contribution in [1.82, 2.24) is 19.4 Å². The number of fused-ring (bicyclic) bond motifs is 1. The maximum atomic E-state index is 13.4. The zero-order valence-electron chi connectivity index (χ0n) is 18.9. The Balaban J connectivity index is 1.29. The molecule has 5 rings (SSSR count). The van der Waals surface area contributed by atoms with Crippen LogP contribution in [0.4, 0.5) is 0 Å². The Hall–Kier alpha value is -3.51. The van der Waals surface area contributed by atoms with Crippen LogP contribution in [-0.4, -0.2) is 51.6 Å². The van der Waals surface area contributed by atoms with Crippen LogP contribution in [0.1, 0.15) is 27.3 Å². The van der Waals surface area contributed by atoms with Crippen molar-refractivity contribution in [2.24, 2.45) is 5.92 Å². The van der Waals surface area contributed by atoms with Crippen LogP contribution in [0.5, 0.6) is 0 Å². The standard InChI is InChI=1S/C27H28N4O2/c1-20-29-9-10-30(20)17-22-3-2-4-25(15-22)27(32)31-11-12-33-19-23(18-31)13-21-5-6-26-16-28-8-7-24(26)14-21/h2-10,14-16,23H,11-13,17-19H2,1H3/t23-/m1/s1. The van der Waals surface area contributed by atoms with E-state index in [1.54, 1.807) is 6.20 Å². The molecule has 3 heterocycles. The maximum Gasteiger partial charge on any atom is 0.253 e. The Morgan fingerprint density at radius 1 is 1.09 bits per heavy atom. The van der Waals surface area contributed by atoms with Gasteiger partial charge in [0.25, 0.3) is 5.91 Å². The van der Waals surface area contributed by atoms with Crippen LogP contribution in [0.3, 0.4) is 0 Å². The highest BCUT2D eigenvalue weighted by molar-refractivity contribution is 5.94. The summed E-state index contributed by atoms with van der Waals surface area (Å²) in [4.78, 5) is 23.8. The van der Waals surface area contributed by atoms with E-state index in [-0.39, 0.29) is 11.8 Å². The highest BCUT2D eigenvalue weighted by atomic mass is 16.5. The lowest BCUT2D eigenvalue weighted by Gasteiger charge is -2.24. The number of hydrogen-bond donors (Lipinski definition) is 0. The molecule has 0 bridgehead atoms. The van der Waals surface area contributed by atoms with Gasteiger partial charge in [-0.15, -0.1) is 0 Å². The molecule has 0 radical (unpaired) electrons. The maximum absolute atomic E-state index is 13.4. The average molecular weight is 441 g/mol. The van der Waals surface area contributed by atoms with Crippen LogP contribution in [0.2, 0.25) is 0 Å². The fourth-order valence-electron chi connectivity index (χ4n) is 4.53. The van der Waals surface area contributed by atoms with Crippen molar-refractivity contribution in [3.05, 3.63) is 95.8 Å². The minimum absolute atomic E-state index is 0.0688. The Morgan fingerprint density at radius 3 is 2.91 bits per heavy atom. The predicted octanol–water partition coefficient (Wildman–Crippen LogP) is 4.12. The summed E-state index contributed by atoms with van der Waals surface area (Å²) >= 11 is 0. The fraction of sp³-hybridized carbons (Fsp3) is 0.296. The molecule has 1 atom stereocenters. The van der Waals surface area contributed by atoms with Crippen molar-refractivity contribution in [3.8, 4) is 0 Å². The summed E-state index contributed by atoms with van der Waals surface area (Å²) in [5, 5.41) is 2.33. The van der Waals surface area contributed by atoms with E-state index in [4.69, 9.17) is 4.74 Å². The van der Waals surface area contributed by atoms with Gasteiger partial charge < -0.3 is 14.2 Å². The number of hydrogen-bond acceptors (Lipinski definition) is 4. The molecule has 6 heteroatoms. The third-order valence-corrected chi connectivity index (χ3v) is 6.30. The number of ether oxygens (including phenoxy) is 1. The first-order valence-electron chi connectivity index (χ1n) is 11.4. The van der Waals surface area contributed by atoms with E-state index < -0.39 is 0 Å². The van der Waals surface area contributed by atoms with Crippen molar-refractivity contribution in [3.63, 3.8) is 0 Å². The zero-order valence-corrected chi connectivity index (χ0v) is 18.9. The Bertz CT molecular complexity index is 1270. The largest absolute Gasteiger partial charge is 0.379 e.